The van der Waals surface area contributed by atoms with Crippen molar-refractivity contribution in [3.05, 3.63) is 0 Å². The van der Waals surface area contributed by atoms with E-state index in [1.807, 2.05) is 0 Å². The van der Waals surface area contributed by atoms with Crippen LogP contribution in [0.4, 0.5) is 0 Å². The topological polar surface area (TPSA) is 26.3 Å². The summed E-state index contributed by atoms with van der Waals surface area (Å²) in [7, 11) is 0. The molecule has 114 valence electrons. The molecule has 4 fully saturated rings. The van der Waals surface area contributed by atoms with Crippen LogP contribution in [0.5, 0.6) is 0 Å². The normalized spacial score (nSPS) is 40.7. The molecule has 0 aliphatic heterocycles. The molecular formula is C17H27IO2. The van der Waals surface area contributed by atoms with E-state index in [1.54, 1.807) is 0 Å². The summed E-state index contributed by atoms with van der Waals surface area (Å²) in [6, 6.07) is 0. The van der Waals surface area contributed by atoms with Crippen molar-refractivity contribution in [2.75, 3.05) is 0 Å². The summed E-state index contributed by atoms with van der Waals surface area (Å²) < 4.78 is 6.03. The van der Waals surface area contributed by atoms with E-state index in [4.69, 9.17) is 4.74 Å². The Hall–Kier alpha value is 0.200. The lowest BCUT2D eigenvalue weighted by atomic mass is 9.46. The zero-order valence-electron chi connectivity index (χ0n) is 13.0. The number of hydrogen-bond donors (Lipinski definition) is 0. The van der Waals surface area contributed by atoms with Crippen LogP contribution in [0.25, 0.3) is 0 Å². The number of ether oxygens (including phenoxy) is 1. The smallest absolute Gasteiger partial charge is 0.319 e. The molecule has 4 bridgehead atoms. The molecule has 0 N–H and O–H groups in total. The minimum Gasteiger partial charge on any atom is -0.458 e. The molecular weight excluding hydrogens is 363 g/mol. The molecule has 4 aliphatic rings. The van der Waals surface area contributed by atoms with Gasteiger partial charge >= 0.3 is 5.97 Å². The summed E-state index contributed by atoms with van der Waals surface area (Å²) in [6.45, 7) is 6.41. The first-order chi connectivity index (χ1) is 9.35. The summed E-state index contributed by atoms with van der Waals surface area (Å²) in [4.78, 5) is 12.3. The fourth-order valence-electron chi connectivity index (χ4n) is 5.44. The minimum atomic E-state index is -0.293. The molecule has 0 spiro atoms. The standard InChI is InChI=1S/C17H27IO2/c1-4-14(18)15(19)20-16(2,3)17-8-11-5-12(9-17)7-13(6-11)10-17/h11-14H,4-10H2,1-3H3. The van der Waals surface area contributed by atoms with Gasteiger partial charge in [0, 0.05) is 5.41 Å². The predicted octanol–water partition coefficient (Wildman–Crippen LogP) is 4.74. The third-order valence-electron chi connectivity index (χ3n) is 6.29. The minimum absolute atomic E-state index is 0.000729. The maximum absolute atomic E-state index is 12.3. The summed E-state index contributed by atoms with van der Waals surface area (Å²) in [6.07, 6.45) is 9.04. The molecule has 0 aromatic rings. The first-order valence-electron chi connectivity index (χ1n) is 8.22. The highest BCUT2D eigenvalue weighted by Gasteiger charge is 2.58. The molecule has 0 heterocycles. The maximum atomic E-state index is 12.3. The predicted molar refractivity (Wildman–Crippen MR) is 88.9 cm³/mol. The molecule has 1 atom stereocenters. The van der Waals surface area contributed by atoms with Crippen molar-refractivity contribution < 1.29 is 9.53 Å². The van der Waals surface area contributed by atoms with E-state index in [-0.39, 0.29) is 20.9 Å². The van der Waals surface area contributed by atoms with E-state index in [2.05, 4.69) is 43.4 Å². The Labute approximate surface area is 136 Å². The van der Waals surface area contributed by atoms with Crippen LogP contribution in [0.2, 0.25) is 0 Å². The summed E-state index contributed by atoms with van der Waals surface area (Å²) >= 11 is 2.22. The molecule has 3 heteroatoms. The third kappa shape index (κ3) is 2.42. The Morgan fingerprint density at radius 2 is 1.65 bits per heavy atom. The molecule has 2 nitrogen and oxygen atoms in total. The molecule has 0 saturated heterocycles. The lowest BCUT2D eigenvalue weighted by molar-refractivity contribution is -0.197. The summed E-state index contributed by atoms with van der Waals surface area (Å²) in [5.74, 6) is 2.70. The number of alkyl halides is 1. The zero-order valence-corrected chi connectivity index (χ0v) is 15.1. The first kappa shape index (κ1) is 15.1. The van der Waals surface area contributed by atoms with Crippen LogP contribution in [0.3, 0.4) is 0 Å². The van der Waals surface area contributed by atoms with Crippen LogP contribution < -0.4 is 0 Å². The Kier molecular flexibility index (Phi) is 3.88. The van der Waals surface area contributed by atoms with Gasteiger partial charge in [-0.25, -0.2) is 0 Å². The molecule has 20 heavy (non-hydrogen) atoms. The molecule has 0 amide bonds. The lowest BCUT2D eigenvalue weighted by Crippen LogP contribution is -2.57. The molecule has 0 radical (unpaired) electrons. The van der Waals surface area contributed by atoms with Crippen molar-refractivity contribution in [2.45, 2.75) is 75.2 Å². The second kappa shape index (κ2) is 5.13. The molecule has 0 aromatic carbocycles. The largest absolute Gasteiger partial charge is 0.458 e. The van der Waals surface area contributed by atoms with Crippen molar-refractivity contribution >= 4 is 28.6 Å². The van der Waals surface area contributed by atoms with Crippen LogP contribution in [0, 0.1) is 23.2 Å². The van der Waals surface area contributed by atoms with Crippen molar-refractivity contribution in [2.24, 2.45) is 23.2 Å². The molecule has 1 unspecified atom stereocenters. The van der Waals surface area contributed by atoms with Crippen LogP contribution in [0.1, 0.15) is 65.7 Å². The van der Waals surface area contributed by atoms with Gasteiger partial charge in [0.05, 0.1) is 0 Å². The van der Waals surface area contributed by atoms with Crippen molar-refractivity contribution in [1.82, 2.24) is 0 Å². The van der Waals surface area contributed by atoms with Gasteiger partial charge in [-0.2, -0.15) is 0 Å². The number of esters is 1. The lowest BCUT2D eigenvalue weighted by Gasteiger charge is -2.61. The average Bonchev–Trinajstić information content (AvgIpc) is 2.35. The zero-order chi connectivity index (χ0) is 14.5. The van der Waals surface area contributed by atoms with Gasteiger partial charge in [-0.15, -0.1) is 0 Å². The second-order valence-corrected chi connectivity index (χ2v) is 9.51. The highest BCUT2D eigenvalue weighted by Crippen LogP contribution is 2.64. The SMILES string of the molecule is CCC(I)C(=O)OC(C)(C)C12CC3CC(CC(C3)C1)C2. The molecule has 4 saturated carbocycles. The highest BCUT2D eigenvalue weighted by molar-refractivity contribution is 14.1. The van der Waals surface area contributed by atoms with E-state index in [1.165, 1.54) is 38.5 Å². The van der Waals surface area contributed by atoms with Crippen molar-refractivity contribution in [1.29, 1.82) is 0 Å². The van der Waals surface area contributed by atoms with Gasteiger partial charge in [0.2, 0.25) is 0 Å². The van der Waals surface area contributed by atoms with Gasteiger partial charge in [-0.1, -0.05) is 29.5 Å². The Morgan fingerprint density at radius 1 is 1.20 bits per heavy atom. The number of rotatable bonds is 4. The molecule has 0 aromatic heterocycles. The average molecular weight is 390 g/mol. The van der Waals surface area contributed by atoms with Crippen molar-refractivity contribution in [3.63, 3.8) is 0 Å². The number of hydrogen-bond acceptors (Lipinski definition) is 2. The quantitative estimate of drug-likeness (QED) is 0.394. The van der Waals surface area contributed by atoms with E-state index in [0.29, 0.717) is 0 Å². The fourth-order valence-corrected chi connectivity index (χ4v) is 5.57. The molecule has 4 aliphatic carbocycles. The Bertz CT molecular complexity index is 367. The van der Waals surface area contributed by atoms with Crippen molar-refractivity contribution in [3.8, 4) is 0 Å². The van der Waals surface area contributed by atoms with Crippen LogP contribution in [0.15, 0.2) is 0 Å². The summed E-state index contributed by atoms with van der Waals surface area (Å²) in [5.41, 5.74) is -0.0276. The third-order valence-corrected chi connectivity index (χ3v) is 7.67. The van der Waals surface area contributed by atoms with Gasteiger partial charge in [-0.05, 0) is 76.5 Å². The fraction of sp³-hybridized carbons (Fsp3) is 0.941. The van der Waals surface area contributed by atoms with Crippen LogP contribution >= 0.6 is 22.6 Å². The van der Waals surface area contributed by atoms with Crippen LogP contribution in [-0.2, 0) is 9.53 Å². The Balaban J connectivity index is 1.78. The Morgan fingerprint density at radius 3 is 2.05 bits per heavy atom. The van der Waals surface area contributed by atoms with Gasteiger partial charge in [0.25, 0.3) is 0 Å². The van der Waals surface area contributed by atoms with E-state index < -0.39 is 0 Å². The number of halogens is 1. The maximum Gasteiger partial charge on any atom is 0.319 e. The van der Waals surface area contributed by atoms with Crippen LogP contribution in [-0.4, -0.2) is 15.5 Å². The second-order valence-electron chi connectivity index (χ2n) is 8.01. The summed E-state index contributed by atoms with van der Waals surface area (Å²) in [5, 5.41) is 0. The van der Waals surface area contributed by atoms with Gasteiger partial charge < -0.3 is 4.74 Å². The first-order valence-corrected chi connectivity index (χ1v) is 9.47. The van der Waals surface area contributed by atoms with Gasteiger partial charge in [0.1, 0.15) is 9.53 Å². The van der Waals surface area contributed by atoms with E-state index in [0.717, 1.165) is 24.2 Å². The molecule has 4 rings (SSSR count). The monoisotopic (exact) mass is 390 g/mol. The van der Waals surface area contributed by atoms with E-state index in [9.17, 15) is 4.79 Å². The number of carbonyl (C=O) groups is 1. The van der Waals surface area contributed by atoms with E-state index >= 15 is 0 Å². The van der Waals surface area contributed by atoms with Gasteiger partial charge in [0.15, 0.2) is 0 Å². The van der Waals surface area contributed by atoms with Gasteiger partial charge in [-0.3, -0.25) is 4.79 Å². The highest BCUT2D eigenvalue weighted by atomic mass is 127. The number of carbonyl (C=O) groups excluding carboxylic acids is 1.